The molecule has 2 unspecified atom stereocenters. The van der Waals surface area contributed by atoms with Crippen LogP contribution in [0.3, 0.4) is 0 Å². The summed E-state index contributed by atoms with van der Waals surface area (Å²) in [5.41, 5.74) is 1.26. The van der Waals surface area contributed by atoms with Crippen molar-refractivity contribution in [3.8, 4) is 0 Å². The van der Waals surface area contributed by atoms with Crippen LogP contribution in [0.5, 0.6) is 0 Å². The molecule has 0 aromatic heterocycles. The van der Waals surface area contributed by atoms with E-state index in [9.17, 15) is 0 Å². The molecule has 0 bridgehead atoms. The third-order valence-corrected chi connectivity index (χ3v) is 4.08. The molecular weight excluding hydrogens is 210 g/mol. The molecule has 0 N–H and O–H groups in total. The van der Waals surface area contributed by atoms with E-state index in [2.05, 4.69) is 35.5 Å². The van der Waals surface area contributed by atoms with Gasteiger partial charge in [-0.15, -0.1) is 0 Å². The van der Waals surface area contributed by atoms with E-state index in [1.165, 1.54) is 37.7 Å². The maximum Gasteiger partial charge on any atom is 0.160 e. The van der Waals surface area contributed by atoms with E-state index in [1.54, 1.807) is 0 Å². The molecule has 2 aliphatic rings. The van der Waals surface area contributed by atoms with Crippen molar-refractivity contribution in [3.63, 3.8) is 0 Å². The Hall–Kier alpha value is -1.31. The number of oxime groups is 1. The highest BCUT2D eigenvalue weighted by atomic mass is 16.6. The summed E-state index contributed by atoms with van der Waals surface area (Å²) in [4.78, 5) is 5.57. The summed E-state index contributed by atoms with van der Waals surface area (Å²) in [7, 11) is 0. The first-order valence-electron chi connectivity index (χ1n) is 6.69. The van der Waals surface area contributed by atoms with Crippen LogP contribution in [0.4, 0.5) is 0 Å². The fraction of sp³-hybridized carbons (Fsp3) is 0.533. The summed E-state index contributed by atoms with van der Waals surface area (Å²) in [5, 5.41) is 4.07. The number of benzene rings is 1. The molecule has 1 aliphatic carbocycles. The van der Waals surface area contributed by atoms with Crippen LogP contribution in [-0.2, 0) is 4.84 Å². The van der Waals surface area contributed by atoms with Crippen LogP contribution in [0.15, 0.2) is 35.5 Å². The monoisotopic (exact) mass is 229 g/mol. The second-order valence-corrected chi connectivity index (χ2v) is 5.17. The Kier molecular flexibility index (Phi) is 3.12. The molecule has 1 fully saturated rings. The quantitative estimate of drug-likeness (QED) is 0.752. The molecule has 2 atom stereocenters. The van der Waals surface area contributed by atoms with Gasteiger partial charge >= 0.3 is 0 Å². The van der Waals surface area contributed by atoms with Crippen LogP contribution in [0.2, 0.25) is 0 Å². The van der Waals surface area contributed by atoms with Crippen molar-refractivity contribution < 1.29 is 4.84 Å². The lowest BCUT2D eigenvalue weighted by Gasteiger charge is -2.28. The van der Waals surface area contributed by atoms with E-state index < -0.39 is 0 Å². The molecule has 2 nitrogen and oxygen atoms in total. The molecule has 1 heterocycles. The predicted octanol–water partition coefficient (Wildman–Crippen LogP) is 3.94. The lowest BCUT2D eigenvalue weighted by molar-refractivity contribution is 0.0406. The van der Waals surface area contributed by atoms with Gasteiger partial charge in [0, 0.05) is 5.92 Å². The van der Waals surface area contributed by atoms with Gasteiger partial charge < -0.3 is 4.84 Å². The van der Waals surface area contributed by atoms with Crippen molar-refractivity contribution in [3.05, 3.63) is 35.9 Å². The van der Waals surface area contributed by atoms with Crippen LogP contribution in [0, 0.1) is 11.8 Å². The summed E-state index contributed by atoms with van der Waals surface area (Å²) < 4.78 is 0. The Morgan fingerprint density at radius 2 is 1.76 bits per heavy atom. The minimum absolute atomic E-state index is 0.152. The average Bonchev–Trinajstić information content (AvgIpc) is 2.90. The van der Waals surface area contributed by atoms with E-state index in [1.807, 2.05) is 6.21 Å². The van der Waals surface area contributed by atoms with Crippen LogP contribution in [0.1, 0.15) is 43.8 Å². The smallest absolute Gasteiger partial charge is 0.160 e. The summed E-state index contributed by atoms with van der Waals surface area (Å²) >= 11 is 0. The van der Waals surface area contributed by atoms with Gasteiger partial charge in [-0.25, -0.2) is 0 Å². The first-order chi connectivity index (χ1) is 8.45. The minimum atomic E-state index is 0.152. The van der Waals surface area contributed by atoms with Gasteiger partial charge in [0.1, 0.15) is 0 Å². The number of hydrogen-bond donors (Lipinski definition) is 0. The fourth-order valence-corrected chi connectivity index (χ4v) is 3.13. The highest BCUT2D eigenvalue weighted by molar-refractivity contribution is 5.63. The second kappa shape index (κ2) is 4.91. The van der Waals surface area contributed by atoms with E-state index in [-0.39, 0.29) is 6.10 Å². The lowest BCUT2D eigenvalue weighted by Crippen LogP contribution is -2.23. The SMILES string of the molecule is C1=NOC(c2ccccc2)C1C1CCCCC1. The number of rotatable bonds is 2. The molecular formula is C15H19NO. The Balaban J connectivity index is 1.77. The molecule has 0 saturated heterocycles. The Morgan fingerprint density at radius 1 is 1.00 bits per heavy atom. The zero-order valence-electron chi connectivity index (χ0n) is 10.1. The van der Waals surface area contributed by atoms with E-state index in [0.29, 0.717) is 5.92 Å². The largest absolute Gasteiger partial charge is 0.387 e. The van der Waals surface area contributed by atoms with Crippen molar-refractivity contribution in [2.75, 3.05) is 0 Å². The van der Waals surface area contributed by atoms with Gasteiger partial charge in [0.05, 0.1) is 6.21 Å². The third-order valence-electron chi connectivity index (χ3n) is 4.08. The maximum absolute atomic E-state index is 5.57. The van der Waals surface area contributed by atoms with Gasteiger partial charge in [-0.2, -0.15) is 0 Å². The summed E-state index contributed by atoms with van der Waals surface area (Å²) in [5.74, 6) is 1.25. The van der Waals surface area contributed by atoms with E-state index >= 15 is 0 Å². The average molecular weight is 229 g/mol. The van der Waals surface area contributed by atoms with Crippen LogP contribution in [-0.4, -0.2) is 6.21 Å². The number of hydrogen-bond acceptors (Lipinski definition) is 2. The Morgan fingerprint density at radius 3 is 2.53 bits per heavy atom. The molecule has 1 aromatic rings. The molecule has 0 amide bonds. The summed E-state index contributed by atoms with van der Waals surface area (Å²) in [6, 6.07) is 10.5. The highest BCUT2D eigenvalue weighted by Crippen LogP contribution is 2.40. The van der Waals surface area contributed by atoms with Crippen LogP contribution < -0.4 is 0 Å². The molecule has 0 radical (unpaired) electrons. The third kappa shape index (κ3) is 2.21. The number of nitrogens with zero attached hydrogens (tertiary/aromatic N) is 1. The van der Waals surface area contributed by atoms with Gasteiger partial charge in [0.2, 0.25) is 0 Å². The van der Waals surface area contributed by atoms with Crippen molar-refractivity contribution in [1.29, 1.82) is 0 Å². The zero-order valence-corrected chi connectivity index (χ0v) is 10.1. The topological polar surface area (TPSA) is 21.6 Å². The molecule has 1 aromatic carbocycles. The van der Waals surface area contributed by atoms with Gasteiger partial charge in [0.25, 0.3) is 0 Å². The fourth-order valence-electron chi connectivity index (χ4n) is 3.13. The molecule has 0 spiro atoms. The van der Waals surface area contributed by atoms with Gasteiger partial charge in [-0.3, -0.25) is 0 Å². The summed E-state index contributed by atoms with van der Waals surface area (Å²) in [6.45, 7) is 0. The molecule has 2 heteroatoms. The Bertz CT molecular complexity index is 381. The van der Waals surface area contributed by atoms with Gasteiger partial charge in [-0.1, -0.05) is 54.8 Å². The minimum Gasteiger partial charge on any atom is -0.387 e. The normalized spacial score (nSPS) is 29.2. The highest BCUT2D eigenvalue weighted by Gasteiger charge is 2.35. The maximum atomic E-state index is 5.57. The van der Waals surface area contributed by atoms with Gasteiger partial charge in [0.15, 0.2) is 6.10 Å². The lowest BCUT2D eigenvalue weighted by atomic mass is 9.77. The Labute approximate surface area is 103 Å². The van der Waals surface area contributed by atoms with Crippen LogP contribution >= 0.6 is 0 Å². The summed E-state index contributed by atoms with van der Waals surface area (Å²) in [6.07, 6.45) is 9.00. The predicted molar refractivity (Wildman–Crippen MR) is 68.8 cm³/mol. The first-order valence-corrected chi connectivity index (χ1v) is 6.69. The zero-order chi connectivity index (χ0) is 11.5. The van der Waals surface area contributed by atoms with E-state index in [4.69, 9.17) is 4.84 Å². The van der Waals surface area contributed by atoms with Crippen LogP contribution in [0.25, 0.3) is 0 Å². The first kappa shape index (κ1) is 10.8. The second-order valence-electron chi connectivity index (χ2n) is 5.17. The molecule has 3 rings (SSSR count). The van der Waals surface area contributed by atoms with Crippen molar-refractivity contribution in [1.82, 2.24) is 0 Å². The van der Waals surface area contributed by atoms with Gasteiger partial charge in [-0.05, 0) is 24.3 Å². The molecule has 90 valence electrons. The van der Waals surface area contributed by atoms with E-state index in [0.717, 1.165) is 5.92 Å². The molecule has 17 heavy (non-hydrogen) atoms. The molecule has 1 saturated carbocycles. The van der Waals surface area contributed by atoms with Crippen molar-refractivity contribution in [2.24, 2.45) is 17.0 Å². The standard InChI is InChI=1S/C15H19NO/c1-3-7-12(8-4-1)14-11-16-17-15(14)13-9-5-2-6-10-13/h2,5-6,9-12,14-15H,1,3-4,7-8H2. The molecule has 1 aliphatic heterocycles. The van der Waals surface area contributed by atoms with Crippen molar-refractivity contribution >= 4 is 6.21 Å². The van der Waals surface area contributed by atoms with Crippen molar-refractivity contribution in [2.45, 2.75) is 38.2 Å².